The molecule has 0 unspecified atom stereocenters. The second-order valence-electron chi connectivity index (χ2n) is 5.92. The summed E-state index contributed by atoms with van der Waals surface area (Å²) in [5, 5.41) is 5.89. The van der Waals surface area contributed by atoms with Gasteiger partial charge in [0.1, 0.15) is 6.04 Å². The molecule has 1 atom stereocenters. The van der Waals surface area contributed by atoms with Crippen LogP contribution in [0.2, 0.25) is 0 Å². The minimum Gasteiger partial charge on any atom is -0.467 e. The first-order chi connectivity index (χ1) is 11.4. The fourth-order valence-corrected chi connectivity index (χ4v) is 2.57. The Morgan fingerprint density at radius 1 is 1.33 bits per heavy atom. The highest BCUT2D eigenvalue weighted by atomic mass is 16.5. The Balaban J connectivity index is 2.04. The molecule has 130 valence electrons. The van der Waals surface area contributed by atoms with E-state index in [9.17, 15) is 14.4 Å². The molecule has 24 heavy (non-hydrogen) atoms. The lowest BCUT2D eigenvalue weighted by molar-refractivity contribution is -0.143. The van der Waals surface area contributed by atoms with E-state index in [4.69, 9.17) is 4.74 Å². The van der Waals surface area contributed by atoms with Gasteiger partial charge in [0.2, 0.25) is 5.91 Å². The van der Waals surface area contributed by atoms with Crippen molar-refractivity contribution in [2.75, 3.05) is 33.1 Å². The number of hydrogen-bond donors (Lipinski definition) is 2. The van der Waals surface area contributed by atoms with Gasteiger partial charge in [0.15, 0.2) is 0 Å². The van der Waals surface area contributed by atoms with Gasteiger partial charge in [-0.1, -0.05) is 0 Å². The predicted molar refractivity (Wildman–Crippen MR) is 89.8 cm³/mol. The molecule has 0 bridgehead atoms. The molecule has 1 aromatic carbocycles. The Kier molecular flexibility index (Phi) is 5.78. The lowest BCUT2D eigenvalue weighted by Gasteiger charge is -2.18. The van der Waals surface area contributed by atoms with Crippen LogP contribution < -0.4 is 10.6 Å². The van der Waals surface area contributed by atoms with Gasteiger partial charge in [-0.05, 0) is 36.6 Å². The van der Waals surface area contributed by atoms with Gasteiger partial charge >= 0.3 is 5.97 Å². The summed E-state index contributed by atoms with van der Waals surface area (Å²) in [6, 6.07) is 4.55. The lowest BCUT2D eigenvalue weighted by atomic mass is 10.1. The second-order valence-corrected chi connectivity index (χ2v) is 5.92. The summed E-state index contributed by atoms with van der Waals surface area (Å²) < 4.78 is 4.73. The number of methoxy groups -OCH3 is 1. The maximum atomic E-state index is 12.4. The van der Waals surface area contributed by atoms with E-state index in [-0.39, 0.29) is 24.7 Å². The lowest BCUT2D eigenvalue weighted by Crippen LogP contribution is -2.42. The number of nitrogens with one attached hydrogen (secondary N) is 2. The van der Waals surface area contributed by atoms with Crippen LogP contribution in [-0.2, 0) is 20.7 Å². The number of benzene rings is 1. The first-order valence-corrected chi connectivity index (χ1v) is 7.88. The monoisotopic (exact) mass is 333 g/mol. The van der Waals surface area contributed by atoms with E-state index in [1.807, 2.05) is 12.1 Å². The molecule has 2 rings (SSSR count). The molecular formula is C17H23N3O4. The largest absolute Gasteiger partial charge is 0.467 e. The minimum atomic E-state index is -0.849. The van der Waals surface area contributed by atoms with Crippen LogP contribution in [0.15, 0.2) is 18.2 Å². The van der Waals surface area contributed by atoms with E-state index in [0.29, 0.717) is 5.56 Å². The van der Waals surface area contributed by atoms with Gasteiger partial charge in [0, 0.05) is 38.3 Å². The molecule has 1 heterocycles. The van der Waals surface area contributed by atoms with E-state index in [0.717, 1.165) is 24.2 Å². The van der Waals surface area contributed by atoms with Crippen LogP contribution in [0.4, 0.5) is 5.69 Å². The van der Waals surface area contributed by atoms with Crippen molar-refractivity contribution < 1.29 is 19.1 Å². The van der Waals surface area contributed by atoms with Crippen LogP contribution >= 0.6 is 0 Å². The van der Waals surface area contributed by atoms with Crippen LogP contribution in [0.1, 0.15) is 28.8 Å². The highest BCUT2D eigenvalue weighted by molar-refractivity contribution is 5.97. The maximum absolute atomic E-state index is 12.4. The number of anilines is 1. The van der Waals surface area contributed by atoms with Gasteiger partial charge in [-0.15, -0.1) is 0 Å². The third kappa shape index (κ3) is 4.24. The first-order valence-electron chi connectivity index (χ1n) is 7.88. The number of rotatable bonds is 6. The second kappa shape index (κ2) is 7.81. The number of carbonyl (C=O) groups is 3. The molecule has 7 heteroatoms. The van der Waals surface area contributed by atoms with Crippen molar-refractivity contribution in [1.82, 2.24) is 10.2 Å². The van der Waals surface area contributed by atoms with Crippen LogP contribution in [-0.4, -0.2) is 56.5 Å². The van der Waals surface area contributed by atoms with Crippen molar-refractivity contribution in [3.63, 3.8) is 0 Å². The molecule has 0 aromatic heterocycles. The molecule has 2 N–H and O–H groups in total. The van der Waals surface area contributed by atoms with Crippen LogP contribution in [0.5, 0.6) is 0 Å². The Hall–Kier alpha value is -2.57. The van der Waals surface area contributed by atoms with Crippen LogP contribution in [0.25, 0.3) is 0 Å². The molecule has 0 saturated heterocycles. The number of esters is 1. The van der Waals surface area contributed by atoms with Crippen molar-refractivity contribution in [2.45, 2.75) is 25.3 Å². The molecule has 0 aliphatic carbocycles. The molecule has 0 fully saturated rings. The standard InChI is InChI=1S/C17H23N3O4/c1-20(2)15(21)7-6-14(17(23)24-3)19-16(22)12-4-5-13-11(10-12)8-9-18-13/h4-5,10,14,18H,6-9H2,1-3H3,(H,19,22)/t14-/m0/s1. The number of amides is 2. The summed E-state index contributed by atoms with van der Waals surface area (Å²) in [7, 11) is 4.55. The third-order valence-corrected chi connectivity index (χ3v) is 4.01. The normalized spacial score (nSPS) is 13.5. The van der Waals surface area contributed by atoms with E-state index in [1.54, 1.807) is 20.2 Å². The summed E-state index contributed by atoms with van der Waals surface area (Å²) in [6.07, 6.45) is 1.22. The average Bonchev–Trinajstić information content (AvgIpc) is 3.04. The molecule has 7 nitrogen and oxygen atoms in total. The molecule has 0 spiro atoms. The van der Waals surface area contributed by atoms with Crippen molar-refractivity contribution in [3.8, 4) is 0 Å². The van der Waals surface area contributed by atoms with Gasteiger partial charge in [-0.2, -0.15) is 0 Å². The van der Waals surface area contributed by atoms with Gasteiger partial charge in [0.05, 0.1) is 7.11 Å². The molecule has 0 saturated carbocycles. The zero-order valence-electron chi connectivity index (χ0n) is 14.2. The summed E-state index contributed by atoms with van der Waals surface area (Å²) in [6.45, 7) is 0.859. The minimum absolute atomic E-state index is 0.109. The molecule has 2 amide bonds. The van der Waals surface area contributed by atoms with Crippen molar-refractivity contribution in [3.05, 3.63) is 29.3 Å². The first kappa shape index (κ1) is 17.8. The molecule has 1 aliphatic heterocycles. The van der Waals surface area contributed by atoms with Crippen LogP contribution in [0.3, 0.4) is 0 Å². The average molecular weight is 333 g/mol. The highest BCUT2D eigenvalue weighted by Crippen LogP contribution is 2.23. The highest BCUT2D eigenvalue weighted by Gasteiger charge is 2.24. The SMILES string of the molecule is COC(=O)[C@H](CCC(=O)N(C)C)NC(=O)c1ccc2c(c1)CCN2. The fourth-order valence-electron chi connectivity index (χ4n) is 2.57. The van der Waals surface area contributed by atoms with E-state index < -0.39 is 12.0 Å². The van der Waals surface area contributed by atoms with Crippen LogP contribution in [0, 0.1) is 0 Å². The van der Waals surface area contributed by atoms with Gasteiger partial charge < -0.3 is 20.3 Å². The molecule has 1 aliphatic rings. The van der Waals surface area contributed by atoms with Crippen molar-refractivity contribution >= 4 is 23.5 Å². The quantitative estimate of drug-likeness (QED) is 0.752. The Bertz CT molecular complexity index is 643. The predicted octanol–water partition coefficient (Wildman–Crippen LogP) is 0.794. The summed E-state index contributed by atoms with van der Waals surface area (Å²) in [5.41, 5.74) is 2.61. The van der Waals surface area contributed by atoms with E-state index in [1.165, 1.54) is 12.0 Å². The summed E-state index contributed by atoms with van der Waals surface area (Å²) in [5.74, 6) is -1.02. The number of nitrogens with zero attached hydrogens (tertiary/aromatic N) is 1. The molecule has 0 radical (unpaired) electrons. The smallest absolute Gasteiger partial charge is 0.328 e. The number of ether oxygens (including phenoxy) is 1. The number of hydrogen-bond acceptors (Lipinski definition) is 5. The summed E-state index contributed by atoms with van der Waals surface area (Å²) >= 11 is 0. The van der Waals surface area contributed by atoms with E-state index >= 15 is 0 Å². The van der Waals surface area contributed by atoms with Gasteiger partial charge in [0.25, 0.3) is 5.91 Å². The topological polar surface area (TPSA) is 87.7 Å². The zero-order valence-corrected chi connectivity index (χ0v) is 14.2. The van der Waals surface area contributed by atoms with Crippen molar-refractivity contribution in [2.24, 2.45) is 0 Å². The van der Waals surface area contributed by atoms with Gasteiger partial charge in [-0.3, -0.25) is 9.59 Å². The number of fused-ring (bicyclic) bond motifs is 1. The maximum Gasteiger partial charge on any atom is 0.328 e. The van der Waals surface area contributed by atoms with Gasteiger partial charge in [-0.25, -0.2) is 4.79 Å². The summed E-state index contributed by atoms with van der Waals surface area (Å²) in [4.78, 5) is 37.4. The Labute approximate surface area is 141 Å². The Morgan fingerprint density at radius 3 is 2.75 bits per heavy atom. The van der Waals surface area contributed by atoms with Crippen molar-refractivity contribution in [1.29, 1.82) is 0 Å². The zero-order chi connectivity index (χ0) is 17.7. The van der Waals surface area contributed by atoms with E-state index in [2.05, 4.69) is 10.6 Å². The molecular weight excluding hydrogens is 310 g/mol. The fraction of sp³-hybridized carbons (Fsp3) is 0.471. The molecule has 1 aromatic rings. The third-order valence-electron chi connectivity index (χ3n) is 4.01. The number of carbonyl (C=O) groups excluding carboxylic acids is 3. The Morgan fingerprint density at radius 2 is 2.08 bits per heavy atom.